The van der Waals surface area contributed by atoms with Crippen LogP contribution in [0.1, 0.15) is 40.0 Å². The first kappa shape index (κ1) is 20.6. The van der Waals surface area contributed by atoms with Gasteiger partial charge >= 0.3 is 6.09 Å². The highest BCUT2D eigenvalue weighted by Gasteiger charge is 2.72. The van der Waals surface area contributed by atoms with Gasteiger partial charge in [-0.25, -0.2) is 4.79 Å². The van der Waals surface area contributed by atoms with Crippen LogP contribution < -0.4 is 5.32 Å². The molecule has 152 valence electrons. The number of hydrogen-bond acceptors (Lipinski definition) is 6. The lowest BCUT2D eigenvalue weighted by atomic mass is 9.68. The largest absolute Gasteiger partial charge is 0.443 e. The Morgan fingerprint density at radius 3 is 2.63 bits per heavy atom. The van der Waals surface area contributed by atoms with Crippen molar-refractivity contribution in [3.63, 3.8) is 0 Å². The zero-order chi connectivity index (χ0) is 19.8. The maximum atomic E-state index is 12.0. The molecule has 1 aliphatic carbocycles. The summed E-state index contributed by atoms with van der Waals surface area (Å²) in [5, 5.41) is 2.11. The molecule has 1 spiro atoms. The number of epoxide rings is 2. The van der Waals surface area contributed by atoms with Crippen LogP contribution in [0.3, 0.4) is 0 Å². The maximum absolute atomic E-state index is 12.0. The Morgan fingerprint density at radius 1 is 1.37 bits per heavy atom. The molecule has 1 saturated carbocycles. The van der Waals surface area contributed by atoms with E-state index in [-0.39, 0.29) is 29.6 Å². The molecule has 0 bridgehead atoms. The number of amides is 2. The summed E-state index contributed by atoms with van der Waals surface area (Å²) in [6.45, 7) is 6.87. The van der Waals surface area contributed by atoms with Crippen molar-refractivity contribution in [2.75, 3.05) is 19.6 Å². The fourth-order valence-corrected chi connectivity index (χ4v) is 4.45. The standard InChI is InChI=1S/C19H28ClNO6/c1-11(2)5-6-13-18(3,27-13)16-15(24-4)12(7-8-19(16)10-25-19)26-17(23)21-14(22)9-20/h5,12-13,15-16H,6-10H2,1-4H3,(H,21,22,23)/t12-,13?,15-,16-,18+,19+/m1/s1. The molecule has 3 rings (SSSR count). The molecule has 2 amide bonds. The second-order valence-electron chi connectivity index (χ2n) is 8.00. The molecule has 1 N–H and O–H groups in total. The fourth-order valence-electron chi connectivity index (χ4n) is 4.38. The van der Waals surface area contributed by atoms with Crippen LogP contribution in [-0.4, -0.2) is 61.1 Å². The second-order valence-corrected chi connectivity index (χ2v) is 8.27. The van der Waals surface area contributed by atoms with Gasteiger partial charge in [0, 0.05) is 7.11 Å². The summed E-state index contributed by atoms with van der Waals surface area (Å²) in [7, 11) is 1.61. The predicted molar refractivity (Wildman–Crippen MR) is 98.7 cm³/mol. The van der Waals surface area contributed by atoms with Gasteiger partial charge in [-0.3, -0.25) is 10.1 Å². The molecule has 2 heterocycles. The lowest BCUT2D eigenvalue weighted by Crippen LogP contribution is -2.56. The summed E-state index contributed by atoms with van der Waals surface area (Å²) in [5.41, 5.74) is 0.574. The smallest absolute Gasteiger partial charge is 0.414 e. The van der Waals surface area contributed by atoms with Gasteiger partial charge in [-0.1, -0.05) is 11.6 Å². The van der Waals surface area contributed by atoms with Gasteiger partial charge in [0.1, 0.15) is 29.3 Å². The average Bonchev–Trinajstić information content (AvgIpc) is 3.52. The van der Waals surface area contributed by atoms with E-state index in [1.54, 1.807) is 7.11 Å². The van der Waals surface area contributed by atoms with E-state index in [1.807, 2.05) is 0 Å². The number of methoxy groups -OCH3 is 1. The fraction of sp³-hybridized carbons (Fsp3) is 0.789. The number of nitrogens with one attached hydrogen (secondary N) is 1. The quantitative estimate of drug-likeness (QED) is 0.418. The molecule has 0 radical (unpaired) electrons. The Balaban J connectivity index is 1.73. The summed E-state index contributed by atoms with van der Waals surface area (Å²) in [5.74, 6) is -0.949. The Morgan fingerprint density at radius 2 is 2.07 bits per heavy atom. The molecule has 7 nitrogen and oxygen atoms in total. The van der Waals surface area contributed by atoms with E-state index in [4.69, 9.17) is 30.5 Å². The number of halogens is 1. The highest BCUT2D eigenvalue weighted by molar-refractivity contribution is 6.28. The molecule has 2 aliphatic heterocycles. The molecule has 8 heteroatoms. The van der Waals surface area contributed by atoms with Gasteiger partial charge in [-0.05, 0) is 40.0 Å². The monoisotopic (exact) mass is 401 g/mol. The minimum absolute atomic E-state index is 0.0548. The van der Waals surface area contributed by atoms with Crippen molar-refractivity contribution in [1.82, 2.24) is 5.32 Å². The molecule has 3 fully saturated rings. The van der Waals surface area contributed by atoms with Gasteiger partial charge in [0.25, 0.3) is 0 Å². The van der Waals surface area contributed by atoms with Crippen molar-refractivity contribution in [1.29, 1.82) is 0 Å². The lowest BCUT2D eigenvalue weighted by Gasteiger charge is -2.42. The molecule has 1 unspecified atom stereocenters. The van der Waals surface area contributed by atoms with Crippen LogP contribution in [0.4, 0.5) is 4.79 Å². The van der Waals surface area contributed by atoms with E-state index in [9.17, 15) is 9.59 Å². The van der Waals surface area contributed by atoms with Crippen molar-refractivity contribution < 1.29 is 28.5 Å². The number of imide groups is 1. The SMILES string of the molecule is CO[C@@H]1[C@H](OC(=O)NC(=O)CCl)CC[C@]2(CO2)[C@H]1[C@@]1(C)OC1CC=C(C)C. The molecule has 0 aromatic heterocycles. The van der Waals surface area contributed by atoms with Gasteiger partial charge in [-0.15, -0.1) is 11.6 Å². The summed E-state index contributed by atoms with van der Waals surface area (Å²) in [6, 6.07) is 0. The van der Waals surface area contributed by atoms with Gasteiger partial charge in [-0.2, -0.15) is 0 Å². The van der Waals surface area contributed by atoms with Gasteiger partial charge < -0.3 is 18.9 Å². The minimum atomic E-state index is -0.804. The maximum Gasteiger partial charge on any atom is 0.414 e. The van der Waals surface area contributed by atoms with Crippen LogP contribution >= 0.6 is 11.6 Å². The number of alkyl carbamates (subject to hydrolysis) is 1. The van der Waals surface area contributed by atoms with Crippen LogP contribution in [0.25, 0.3) is 0 Å². The zero-order valence-corrected chi connectivity index (χ0v) is 17.0. The van der Waals surface area contributed by atoms with Gasteiger partial charge in [0.15, 0.2) is 0 Å². The number of allylic oxidation sites excluding steroid dienone is 1. The van der Waals surface area contributed by atoms with Crippen LogP contribution in [0.5, 0.6) is 0 Å². The molecule has 3 aliphatic rings. The van der Waals surface area contributed by atoms with Crippen LogP contribution in [0.2, 0.25) is 0 Å². The summed E-state index contributed by atoms with van der Waals surface area (Å²) < 4.78 is 23.2. The number of alkyl halides is 1. The summed E-state index contributed by atoms with van der Waals surface area (Å²) in [6.07, 6.45) is 2.78. The van der Waals surface area contributed by atoms with E-state index in [0.29, 0.717) is 13.0 Å². The normalized spacial score (nSPS) is 39.6. The third-order valence-corrected chi connectivity index (χ3v) is 6.10. The highest BCUT2D eigenvalue weighted by atomic mass is 35.5. The Labute approximate surface area is 164 Å². The minimum Gasteiger partial charge on any atom is -0.443 e. The predicted octanol–water partition coefficient (Wildman–Crippen LogP) is 2.55. The van der Waals surface area contributed by atoms with Crippen molar-refractivity contribution in [2.45, 2.75) is 69.5 Å². The van der Waals surface area contributed by atoms with Crippen LogP contribution in [-0.2, 0) is 23.7 Å². The topological polar surface area (TPSA) is 89.7 Å². The van der Waals surface area contributed by atoms with Gasteiger partial charge in [0.05, 0.1) is 18.6 Å². The Hall–Kier alpha value is -1.15. The van der Waals surface area contributed by atoms with Crippen molar-refractivity contribution in [3.05, 3.63) is 11.6 Å². The van der Waals surface area contributed by atoms with Crippen LogP contribution in [0, 0.1) is 5.92 Å². The molecule has 6 atom stereocenters. The zero-order valence-electron chi connectivity index (χ0n) is 16.2. The molecule has 2 saturated heterocycles. The first-order chi connectivity index (χ1) is 12.8. The van der Waals surface area contributed by atoms with E-state index in [1.165, 1.54) is 5.57 Å². The number of hydrogen-bond donors (Lipinski definition) is 1. The molecular weight excluding hydrogens is 374 g/mol. The molecule has 27 heavy (non-hydrogen) atoms. The number of ether oxygens (including phenoxy) is 4. The lowest BCUT2D eigenvalue weighted by molar-refractivity contribution is -0.124. The van der Waals surface area contributed by atoms with Crippen LogP contribution in [0.15, 0.2) is 11.6 Å². The van der Waals surface area contributed by atoms with Crippen molar-refractivity contribution in [2.24, 2.45) is 5.92 Å². The first-order valence-corrected chi connectivity index (χ1v) is 9.83. The Bertz CT molecular complexity index is 630. The number of rotatable bonds is 6. The second kappa shape index (κ2) is 7.70. The van der Waals surface area contributed by atoms with E-state index in [0.717, 1.165) is 12.8 Å². The molecule has 0 aromatic rings. The average molecular weight is 402 g/mol. The molecule has 0 aromatic carbocycles. The van der Waals surface area contributed by atoms with Crippen molar-refractivity contribution in [3.8, 4) is 0 Å². The Kier molecular flexibility index (Phi) is 5.87. The highest BCUT2D eigenvalue weighted by Crippen LogP contribution is 2.59. The number of carbonyl (C=O) groups is 2. The van der Waals surface area contributed by atoms with E-state index < -0.39 is 23.7 Å². The van der Waals surface area contributed by atoms with Gasteiger partial charge in [0.2, 0.25) is 5.91 Å². The molecular formula is C19H28ClNO6. The van der Waals surface area contributed by atoms with Crippen molar-refractivity contribution >= 4 is 23.6 Å². The first-order valence-electron chi connectivity index (χ1n) is 9.30. The van der Waals surface area contributed by atoms with E-state index >= 15 is 0 Å². The number of carbonyl (C=O) groups excluding carboxylic acids is 2. The third-order valence-electron chi connectivity index (χ3n) is 5.86. The third kappa shape index (κ3) is 4.16. The summed E-state index contributed by atoms with van der Waals surface area (Å²) in [4.78, 5) is 23.3. The summed E-state index contributed by atoms with van der Waals surface area (Å²) >= 11 is 5.42. The van der Waals surface area contributed by atoms with E-state index in [2.05, 4.69) is 32.2 Å².